The number of hydrogen-bond donors (Lipinski definition) is 2. The second-order valence-electron chi connectivity index (χ2n) is 7.72. The van der Waals surface area contributed by atoms with Gasteiger partial charge in [-0.1, -0.05) is 35.3 Å². The summed E-state index contributed by atoms with van der Waals surface area (Å²) in [6.45, 7) is 0.0664. The molecule has 0 aromatic heterocycles. The largest absolute Gasteiger partial charge is 0.509 e. The predicted octanol–water partition coefficient (Wildman–Crippen LogP) is 7.61. The number of aromatic hydroxyl groups is 1. The molecule has 4 rings (SSSR count). The van der Waals surface area contributed by atoms with Crippen LogP contribution < -0.4 is 4.74 Å². The molecule has 32 heavy (non-hydrogen) atoms. The zero-order valence-corrected chi connectivity index (χ0v) is 18.5. The topological polar surface area (TPSA) is 49.7 Å². The van der Waals surface area contributed by atoms with Crippen LogP contribution in [0, 0.1) is 11.6 Å². The molecule has 7 heteroatoms. The molecule has 3 aromatic rings. The summed E-state index contributed by atoms with van der Waals surface area (Å²) in [6.07, 6.45) is 3.23. The fourth-order valence-corrected chi connectivity index (χ4v) is 4.12. The number of halogens is 4. The fraction of sp³-hybridized carbons (Fsp3) is 0.200. The number of aliphatic hydroxyl groups excluding tert-OH is 1. The van der Waals surface area contributed by atoms with E-state index in [1.165, 1.54) is 12.1 Å². The second kappa shape index (κ2) is 9.39. The summed E-state index contributed by atoms with van der Waals surface area (Å²) in [5.74, 6) is -1.30. The van der Waals surface area contributed by atoms with E-state index >= 15 is 0 Å². The number of rotatable bonds is 6. The van der Waals surface area contributed by atoms with E-state index in [9.17, 15) is 19.0 Å². The average Bonchev–Trinajstić information content (AvgIpc) is 2.71. The van der Waals surface area contributed by atoms with Crippen molar-refractivity contribution in [2.75, 3.05) is 6.61 Å². The smallest absolute Gasteiger partial charge is 0.159 e. The molecule has 0 heterocycles. The number of allylic oxidation sites excluding steroid dienone is 1. The van der Waals surface area contributed by atoms with E-state index in [0.29, 0.717) is 38.9 Å². The molecule has 0 atom stereocenters. The van der Waals surface area contributed by atoms with E-state index in [4.69, 9.17) is 27.9 Å². The van der Waals surface area contributed by atoms with Crippen LogP contribution in [0.15, 0.2) is 59.9 Å². The maximum absolute atomic E-state index is 13.6. The SMILES string of the molecule is OC(COc1cc(Cl)c(Cc2ccc(O)c(-c3ccc(F)c(F)c3)c2)c(Cl)c1)=C1CCC1. The third-order valence-electron chi connectivity index (χ3n) is 5.53. The zero-order valence-electron chi connectivity index (χ0n) is 17.0. The Morgan fingerprint density at radius 1 is 0.938 bits per heavy atom. The molecule has 0 radical (unpaired) electrons. The van der Waals surface area contributed by atoms with Crippen molar-refractivity contribution in [2.45, 2.75) is 25.7 Å². The molecule has 0 bridgehead atoms. The molecular formula is C25H20Cl2F2O3. The van der Waals surface area contributed by atoms with Gasteiger partial charge in [-0.25, -0.2) is 8.78 Å². The van der Waals surface area contributed by atoms with E-state index in [0.717, 1.165) is 42.5 Å². The summed E-state index contributed by atoms with van der Waals surface area (Å²) in [6, 6.07) is 11.6. The quantitative estimate of drug-likeness (QED) is 0.359. The van der Waals surface area contributed by atoms with E-state index in [-0.39, 0.29) is 18.1 Å². The molecule has 2 N–H and O–H groups in total. The van der Waals surface area contributed by atoms with Crippen molar-refractivity contribution in [1.29, 1.82) is 0 Å². The van der Waals surface area contributed by atoms with Gasteiger partial charge in [-0.15, -0.1) is 0 Å². The molecule has 0 aliphatic heterocycles. The number of hydrogen-bond acceptors (Lipinski definition) is 3. The summed E-state index contributed by atoms with van der Waals surface area (Å²) in [4.78, 5) is 0. The van der Waals surface area contributed by atoms with Crippen LogP contribution >= 0.6 is 23.2 Å². The Hall–Kier alpha value is -2.76. The lowest BCUT2D eigenvalue weighted by atomic mass is 9.91. The van der Waals surface area contributed by atoms with Crippen molar-refractivity contribution < 1.29 is 23.7 Å². The minimum atomic E-state index is -0.993. The molecule has 0 saturated heterocycles. The van der Waals surface area contributed by atoms with Gasteiger partial charge in [0.05, 0.1) is 0 Å². The molecule has 3 aromatic carbocycles. The number of ether oxygens (including phenoxy) is 1. The summed E-state index contributed by atoms with van der Waals surface area (Å²) in [5.41, 5.74) is 3.16. The monoisotopic (exact) mass is 476 g/mol. The van der Waals surface area contributed by atoms with Crippen LogP contribution in [-0.2, 0) is 6.42 Å². The molecule has 1 aliphatic rings. The fourth-order valence-electron chi connectivity index (χ4n) is 3.52. The molecule has 3 nitrogen and oxygen atoms in total. The number of phenols is 1. The number of phenolic OH excluding ortho intramolecular Hbond substituents is 1. The van der Waals surface area contributed by atoms with Crippen LogP contribution in [0.2, 0.25) is 10.0 Å². The van der Waals surface area contributed by atoms with E-state index in [2.05, 4.69) is 0 Å². The van der Waals surface area contributed by atoms with Gasteiger partial charge in [0, 0.05) is 22.0 Å². The maximum Gasteiger partial charge on any atom is 0.159 e. The van der Waals surface area contributed by atoms with Gasteiger partial charge < -0.3 is 14.9 Å². The molecule has 1 fully saturated rings. The first-order valence-electron chi connectivity index (χ1n) is 10.1. The van der Waals surface area contributed by atoms with Crippen molar-refractivity contribution in [3.8, 4) is 22.6 Å². The third kappa shape index (κ3) is 4.84. The second-order valence-corrected chi connectivity index (χ2v) is 8.53. The lowest BCUT2D eigenvalue weighted by Crippen LogP contribution is -2.09. The Kier molecular flexibility index (Phi) is 6.58. The van der Waals surface area contributed by atoms with Crippen LogP contribution in [0.4, 0.5) is 8.78 Å². The van der Waals surface area contributed by atoms with E-state index in [1.807, 2.05) is 0 Å². The minimum absolute atomic E-state index is 0.0545. The van der Waals surface area contributed by atoms with Gasteiger partial charge in [-0.2, -0.15) is 0 Å². The Bertz CT molecular complexity index is 1180. The van der Waals surface area contributed by atoms with Crippen molar-refractivity contribution in [3.63, 3.8) is 0 Å². The van der Waals surface area contributed by atoms with Crippen LogP contribution in [0.3, 0.4) is 0 Å². The highest BCUT2D eigenvalue weighted by molar-refractivity contribution is 6.36. The zero-order chi connectivity index (χ0) is 22.8. The summed E-state index contributed by atoms with van der Waals surface area (Å²) in [7, 11) is 0. The molecule has 0 spiro atoms. The first-order valence-corrected chi connectivity index (χ1v) is 10.9. The van der Waals surface area contributed by atoms with E-state index in [1.54, 1.807) is 24.3 Å². The molecule has 0 unspecified atom stereocenters. The Balaban J connectivity index is 1.55. The van der Waals surface area contributed by atoms with Gasteiger partial charge >= 0.3 is 0 Å². The summed E-state index contributed by atoms with van der Waals surface area (Å²) in [5, 5.41) is 21.0. The molecule has 1 saturated carbocycles. The molecule has 166 valence electrons. The van der Waals surface area contributed by atoms with Crippen molar-refractivity contribution in [3.05, 3.63) is 92.7 Å². The summed E-state index contributed by atoms with van der Waals surface area (Å²) >= 11 is 12.9. The highest BCUT2D eigenvalue weighted by Gasteiger charge is 2.16. The first kappa shape index (κ1) is 22.4. The highest BCUT2D eigenvalue weighted by Crippen LogP contribution is 2.36. The molecule has 1 aliphatic carbocycles. The highest BCUT2D eigenvalue weighted by atomic mass is 35.5. The normalized spacial score (nSPS) is 13.1. The Labute approximate surface area is 194 Å². The Morgan fingerprint density at radius 2 is 1.66 bits per heavy atom. The van der Waals surface area contributed by atoms with Crippen molar-refractivity contribution in [1.82, 2.24) is 0 Å². The van der Waals surface area contributed by atoms with Crippen LogP contribution in [0.25, 0.3) is 11.1 Å². The van der Waals surface area contributed by atoms with Gasteiger partial charge in [0.15, 0.2) is 11.6 Å². The Morgan fingerprint density at radius 3 is 2.28 bits per heavy atom. The standard InChI is InChI=1S/C25H20Cl2F2O3/c26-20-11-17(32-13-25(31)15-2-1-3-15)12-21(27)19(20)9-14-4-7-24(30)18(8-14)16-5-6-22(28)23(29)10-16/h4-8,10-12,30-31H,1-3,9,13H2. The van der Waals surface area contributed by atoms with Crippen LogP contribution in [0.5, 0.6) is 11.5 Å². The third-order valence-corrected chi connectivity index (χ3v) is 6.20. The lowest BCUT2D eigenvalue weighted by molar-refractivity contribution is 0.260. The van der Waals surface area contributed by atoms with Gasteiger partial charge in [0.1, 0.15) is 23.9 Å². The lowest BCUT2D eigenvalue weighted by Gasteiger charge is -2.19. The first-order chi connectivity index (χ1) is 15.3. The van der Waals surface area contributed by atoms with Gasteiger partial charge in [0.25, 0.3) is 0 Å². The summed E-state index contributed by atoms with van der Waals surface area (Å²) < 4.78 is 32.5. The van der Waals surface area contributed by atoms with Crippen molar-refractivity contribution in [2.24, 2.45) is 0 Å². The van der Waals surface area contributed by atoms with E-state index < -0.39 is 11.6 Å². The van der Waals surface area contributed by atoms with Crippen LogP contribution in [-0.4, -0.2) is 16.8 Å². The maximum atomic E-state index is 13.6. The molecule has 0 amide bonds. The van der Waals surface area contributed by atoms with Gasteiger partial charge in [-0.05, 0) is 77.9 Å². The average molecular weight is 477 g/mol. The van der Waals surface area contributed by atoms with Gasteiger partial charge in [-0.3, -0.25) is 0 Å². The molecular weight excluding hydrogens is 457 g/mol. The van der Waals surface area contributed by atoms with Crippen LogP contribution in [0.1, 0.15) is 30.4 Å². The minimum Gasteiger partial charge on any atom is -0.509 e. The number of benzene rings is 3. The van der Waals surface area contributed by atoms with Crippen molar-refractivity contribution >= 4 is 23.2 Å². The predicted molar refractivity (Wildman–Crippen MR) is 122 cm³/mol. The van der Waals surface area contributed by atoms with Gasteiger partial charge in [0.2, 0.25) is 0 Å². The number of aliphatic hydroxyl groups is 1.